The molecule has 0 spiro atoms. The van der Waals surface area contributed by atoms with Crippen LogP contribution in [0.3, 0.4) is 0 Å². The van der Waals surface area contributed by atoms with Gasteiger partial charge in [-0.25, -0.2) is 4.79 Å². The van der Waals surface area contributed by atoms with Gasteiger partial charge < -0.3 is 20.1 Å². The van der Waals surface area contributed by atoms with Gasteiger partial charge in [0.25, 0.3) is 0 Å². The van der Waals surface area contributed by atoms with Crippen molar-refractivity contribution in [1.29, 1.82) is 0 Å². The fraction of sp³-hybridized carbons (Fsp3) is 0.800. The SMILES string of the molecule is C=CC(=O)O.COCCCCCCCCCC(O)CO. The van der Waals surface area contributed by atoms with Crippen LogP contribution in [-0.4, -0.2) is 47.7 Å². The number of aliphatic carboxylic acids is 1. The highest BCUT2D eigenvalue weighted by Crippen LogP contribution is 2.09. The minimum absolute atomic E-state index is 0.100. The zero-order chi connectivity index (χ0) is 15.6. The standard InChI is InChI=1S/C12H26O3.C3H4O2/c1-15-10-8-6-4-2-3-5-7-9-12(14)11-13;1-2-3(4)5/h12-14H,2-11H2,1H3;2H,1H2,(H,4,5). The van der Waals surface area contributed by atoms with Gasteiger partial charge in [-0.3, -0.25) is 0 Å². The summed E-state index contributed by atoms with van der Waals surface area (Å²) >= 11 is 0. The average molecular weight is 290 g/mol. The Balaban J connectivity index is 0. The van der Waals surface area contributed by atoms with Crippen molar-refractivity contribution < 1.29 is 24.9 Å². The number of aliphatic hydroxyl groups is 2. The lowest BCUT2D eigenvalue weighted by molar-refractivity contribution is -0.131. The second kappa shape index (κ2) is 18.1. The Morgan fingerprint density at radius 2 is 1.60 bits per heavy atom. The van der Waals surface area contributed by atoms with E-state index in [4.69, 9.17) is 20.1 Å². The fourth-order valence-electron chi connectivity index (χ4n) is 1.60. The average Bonchev–Trinajstić information content (AvgIpc) is 2.45. The molecule has 120 valence electrons. The van der Waals surface area contributed by atoms with Gasteiger partial charge in [0.15, 0.2) is 0 Å². The lowest BCUT2D eigenvalue weighted by Gasteiger charge is -2.06. The summed E-state index contributed by atoms with van der Waals surface area (Å²) in [5.74, 6) is -0.981. The van der Waals surface area contributed by atoms with Crippen LogP contribution in [0.25, 0.3) is 0 Å². The Bertz CT molecular complexity index is 218. The molecule has 20 heavy (non-hydrogen) atoms. The highest BCUT2D eigenvalue weighted by atomic mass is 16.5. The molecule has 0 aliphatic carbocycles. The van der Waals surface area contributed by atoms with Gasteiger partial charge >= 0.3 is 5.97 Å². The van der Waals surface area contributed by atoms with E-state index in [1.165, 1.54) is 38.5 Å². The van der Waals surface area contributed by atoms with Gasteiger partial charge in [0.2, 0.25) is 0 Å². The number of rotatable bonds is 12. The molecule has 5 heteroatoms. The first-order valence-electron chi connectivity index (χ1n) is 7.21. The van der Waals surface area contributed by atoms with E-state index in [2.05, 4.69) is 6.58 Å². The highest BCUT2D eigenvalue weighted by molar-refractivity contribution is 5.78. The third kappa shape index (κ3) is 22.3. The van der Waals surface area contributed by atoms with Crippen LogP contribution in [0.4, 0.5) is 0 Å². The maximum Gasteiger partial charge on any atom is 0.327 e. The lowest BCUT2D eigenvalue weighted by atomic mass is 10.1. The van der Waals surface area contributed by atoms with Crippen LogP contribution < -0.4 is 0 Å². The number of unbranched alkanes of at least 4 members (excludes halogenated alkanes) is 6. The predicted molar refractivity (Wildman–Crippen MR) is 79.7 cm³/mol. The number of hydrogen-bond donors (Lipinski definition) is 3. The van der Waals surface area contributed by atoms with E-state index in [0.717, 1.165) is 25.5 Å². The molecule has 0 aliphatic rings. The van der Waals surface area contributed by atoms with Gasteiger partial charge in [-0.15, -0.1) is 0 Å². The monoisotopic (exact) mass is 290 g/mol. The van der Waals surface area contributed by atoms with Crippen LogP contribution in [-0.2, 0) is 9.53 Å². The summed E-state index contributed by atoms with van der Waals surface area (Å²) in [7, 11) is 1.74. The minimum atomic E-state index is -0.981. The second-order valence-corrected chi connectivity index (χ2v) is 4.64. The number of carboxylic acids is 1. The van der Waals surface area contributed by atoms with Gasteiger partial charge in [0.1, 0.15) is 0 Å². The largest absolute Gasteiger partial charge is 0.478 e. The molecule has 0 aromatic rings. The van der Waals surface area contributed by atoms with Crippen molar-refractivity contribution in [2.45, 2.75) is 57.5 Å². The predicted octanol–water partition coefficient (Wildman–Crippen LogP) is 2.36. The fourth-order valence-corrected chi connectivity index (χ4v) is 1.60. The molecule has 0 heterocycles. The van der Waals surface area contributed by atoms with Gasteiger partial charge in [-0.1, -0.05) is 45.1 Å². The van der Waals surface area contributed by atoms with E-state index >= 15 is 0 Å². The van der Waals surface area contributed by atoms with Gasteiger partial charge in [-0.2, -0.15) is 0 Å². The quantitative estimate of drug-likeness (QED) is 0.379. The molecule has 3 N–H and O–H groups in total. The molecular formula is C15H30O5. The van der Waals surface area contributed by atoms with Crippen LogP contribution in [0, 0.1) is 0 Å². The van der Waals surface area contributed by atoms with Crippen LogP contribution in [0.5, 0.6) is 0 Å². The van der Waals surface area contributed by atoms with E-state index in [1.807, 2.05) is 0 Å². The minimum Gasteiger partial charge on any atom is -0.478 e. The first-order valence-corrected chi connectivity index (χ1v) is 7.21. The third-order valence-electron chi connectivity index (χ3n) is 2.77. The molecule has 0 amide bonds. The number of carboxylic acid groups (broad SMARTS) is 1. The van der Waals surface area contributed by atoms with Gasteiger partial charge in [0, 0.05) is 19.8 Å². The lowest BCUT2D eigenvalue weighted by Crippen LogP contribution is -2.10. The smallest absolute Gasteiger partial charge is 0.327 e. The van der Waals surface area contributed by atoms with Crippen LogP contribution in [0.2, 0.25) is 0 Å². The van der Waals surface area contributed by atoms with Crippen LogP contribution in [0.15, 0.2) is 12.7 Å². The number of hydrogen-bond acceptors (Lipinski definition) is 4. The maximum atomic E-state index is 9.25. The van der Waals surface area contributed by atoms with Crippen molar-refractivity contribution in [3.05, 3.63) is 12.7 Å². The zero-order valence-electron chi connectivity index (χ0n) is 12.6. The Hall–Kier alpha value is -0.910. The highest BCUT2D eigenvalue weighted by Gasteiger charge is 2.00. The molecule has 0 aliphatic heterocycles. The molecule has 5 nitrogen and oxygen atoms in total. The number of methoxy groups -OCH3 is 1. The van der Waals surface area contributed by atoms with E-state index in [-0.39, 0.29) is 6.61 Å². The summed E-state index contributed by atoms with van der Waals surface area (Å²) in [4.78, 5) is 9.25. The summed E-state index contributed by atoms with van der Waals surface area (Å²) in [6.45, 7) is 3.74. The van der Waals surface area contributed by atoms with Crippen LogP contribution in [0.1, 0.15) is 51.4 Å². The van der Waals surface area contributed by atoms with Crippen molar-refractivity contribution in [2.75, 3.05) is 20.3 Å². The number of carbonyl (C=O) groups is 1. The molecule has 0 radical (unpaired) electrons. The van der Waals surface area contributed by atoms with Crippen molar-refractivity contribution >= 4 is 5.97 Å². The summed E-state index contributed by atoms with van der Waals surface area (Å²) in [6.07, 6.45) is 9.48. The number of ether oxygens (including phenoxy) is 1. The molecule has 0 rings (SSSR count). The third-order valence-corrected chi connectivity index (χ3v) is 2.77. The van der Waals surface area contributed by atoms with Crippen molar-refractivity contribution in [3.8, 4) is 0 Å². The van der Waals surface area contributed by atoms with Crippen LogP contribution >= 0.6 is 0 Å². The van der Waals surface area contributed by atoms with Crippen molar-refractivity contribution in [3.63, 3.8) is 0 Å². The first kappa shape index (κ1) is 21.4. The van der Waals surface area contributed by atoms with Crippen molar-refractivity contribution in [1.82, 2.24) is 0 Å². The summed E-state index contributed by atoms with van der Waals surface area (Å²) < 4.78 is 4.97. The summed E-state index contributed by atoms with van der Waals surface area (Å²) in [5, 5.41) is 25.3. The Morgan fingerprint density at radius 3 is 2.00 bits per heavy atom. The van der Waals surface area contributed by atoms with Gasteiger partial charge in [0.05, 0.1) is 12.7 Å². The summed E-state index contributed by atoms with van der Waals surface area (Å²) in [5.41, 5.74) is 0. The molecule has 0 saturated carbocycles. The Kier molecular flexibility index (Phi) is 19.3. The Morgan fingerprint density at radius 1 is 1.15 bits per heavy atom. The number of aliphatic hydroxyl groups excluding tert-OH is 2. The molecule has 0 saturated heterocycles. The normalized spacial score (nSPS) is 11.3. The van der Waals surface area contributed by atoms with Crippen molar-refractivity contribution in [2.24, 2.45) is 0 Å². The molecule has 1 unspecified atom stereocenters. The molecule has 0 aromatic heterocycles. The maximum absolute atomic E-state index is 9.25. The molecule has 1 atom stereocenters. The second-order valence-electron chi connectivity index (χ2n) is 4.64. The molecule has 0 fully saturated rings. The van der Waals surface area contributed by atoms with E-state index < -0.39 is 12.1 Å². The van der Waals surface area contributed by atoms with Gasteiger partial charge in [-0.05, 0) is 12.8 Å². The molecule has 0 aromatic carbocycles. The Labute approximate surface area is 122 Å². The first-order chi connectivity index (χ1) is 9.58. The zero-order valence-corrected chi connectivity index (χ0v) is 12.6. The molecule has 0 bridgehead atoms. The topological polar surface area (TPSA) is 87.0 Å². The van der Waals surface area contributed by atoms with E-state index in [0.29, 0.717) is 0 Å². The van der Waals surface area contributed by atoms with E-state index in [9.17, 15) is 4.79 Å². The van der Waals surface area contributed by atoms with E-state index in [1.54, 1.807) is 7.11 Å². The molecular weight excluding hydrogens is 260 g/mol. The summed E-state index contributed by atoms with van der Waals surface area (Å²) in [6, 6.07) is 0.